The second-order valence-corrected chi connectivity index (χ2v) is 4.97. The Balaban J connectivity index is 1.91. The number of hydrogen-bond donors (Lipinski definition) is 0. The highest BCUT2D eigenvalue weighted by atomic mass is 16.1. The van der Waals surface area contributed by atoms with E-state index in [0.29, 0.717) is 17.6 Å². The van der Waals surface area contributed by atoms with Gasteiger partial charge in [0.05, 0.1) is 0 Å². The summed E-state index contributed by atoms with van der Waals surface area (Å²) in [5.74, 6) is 1.57. The maximum absolute atomic E-state index is 11.5. The van der Waals surface area contributed by atoms with Crippen molar-refractivity contribution in [3.8, 4) is 0 Å². The van der Waals surface area contributed by atoms with Gasteiger partial charge < -0.3 is 0 Å². The lowest BCUT2D eigenvalue weighted by Gasteiger charge is -2.22. The van der Waals surface area contributed by atoms with E-state index < -0.39 is 0 Å². The van der Waals surface area contributed by atoms with Crippen molar-refractivity contribution in [1.82, 2.24) is 0 Å². The molecular weight excluding hydrogens is 196 g/mol. The molecule has 2 bridgehead atoms. The van der Waals surface area contributed by atoms with Crippen LogP contribution < -0.4 is 0 Å². The van der Waals surface area contributed by atoms with Gasteiger partial charge in [-0.1, -0.05) is 42.0 Å². The Hall–Kier alpha value is -1.37. The number of hydrogen-bond acceptors (Lipinski definition) is 1. The number of carbonyl (C=O) groups is 1. The summed E-state index contributed by atoms with van der Waals surface area (Å²) in [6.45, 7) is 0. The number of Topliss-reactive ketones (excluding diaryl/α,β-unsaturated/α-hetero) is 1. The van der Waals surface area contributed by atoms with E-state index in [9.17, 15) is 4.79 Å². The first-order valence-electron chi connectivity index (χ1n) is 6.11. The van der Waals surface area contributed by atoms with Crippen molar-refractivity contribution < 1.29 is 4.79 Å². The van der Waals surface area contributed by atoms with Gasteiger partial charge in [-0.2, -0.15) is 0 Å². The Bertz CT molecular complexity index is 412. The first kappa shape index (κ1) is 9.83. The SMILES string of the molecule is O=C1CC2CCC(C1)C2=Cc1ccccc1. The highest BCUT2D eigenvalue weighted by molar-refractivity contribution is 5.82. The van der Waals surface area contributed by atoms with Crippen molar-refractivity contribution in [1.29, 1.82) is 0 Å². The number of benzene rings is 1. The summed E-state index contributed by atoms with van der Waals surface area (Å²) in [6, 6.07) is 10.5. The van der Waals surface area contributed by atoms with Gasteiger partial charge >= 0.3 is 0 Å². The van der Waals surface area contributed by atoms with Crippen LogP contribution in [0.5, 0.6) is 0 Å². The van der Waals surface area contributed by atoms with E-state index in [1.54, 1.807) is 0 Å². The molecule has 0 saturated heterocycles. The van der Waals surface area contributed by atoms with E-state index in [1.165, 1.54) is 24.0 Å². The van der Waals surface area contributed by atoms with E-state index in [4.69, 9.17) is 0 Å². The molecular formula is C15H16O. The summed E-state index contributed by atoms with van der Waals surface area (Å²) in [7, 11) is 0. The van der Waals surface area contributed by atoms with Crippen LogP contribution in [0, 0.1) is 11.8 Å². The normalized spacial score (nSPS) is 28.2. The predicted molar refractivity (Wildman–Crippen MR) is 64.9 cm³/mol. The third-order valence-electron chi connectivity index (χ3n) is 3.89. The molecule has 2 fully saturated rings. The third kappa shape index (κ3) is 1.71. The molecule has 1 aromatic carbocycles. The molecule has 2 atom stereocenters. The van der Waals surface area contributed by atoms with Gasteiger partial charge in [0.2, 0.25) is 0 Å². The number of rotatable bonds is 1. The number of ketones is 1. The minimum Gasteiger partial charge on any atom is -0.300 e. The van der Waals surface area contributed by atoms with Crippen LogP contribution in [-0.4, -0.2) is 5.78 Å². The Labute approximate surface area is 96.2 Å². The molecule has 0 amide bonds. The van der Waals surface area contributed by atoms with Crippen LogP contribution in [0.15, 0.2) is 35.9 Å². The van der Waals surface area contributed by atoms with Crippen molar-refractivity contribution >= 4 is 11.9 Å². The molecule has 1 heteroatoms. The molecule has 2 aliphatic carbocycles. The summed E-state index contributed by atoms with van der Waals surface area (Å²) in [4.78, 5) is 11.5. The molecule has 82 valence electrons. The molecule has 0 aliphatic heterocycles. The molecule has 2 aliphatic rings. The molecule has 2 saturated carbocycles. The minimum absolute atomic E-state index is 0.470. The van der Waals surface area contributed by atoms with Crippen molar-refractivity contribution in [2.45, 2.75) is 25.7 Å². The zero-order valence-corrected chi connectivity index (χ0v) is 9.36. The first-order chi connectivity index (χ1) is 7.83. The fourth-order valence-corrected chi connectivity index (χ4v) is 3.12. The van der Waals surface area contributed by atoms with Crippen LogP contribution in [0.25, 0.3) is 6.08 Å². The Morgan fingerprint density at radius 3 is 2.25 bits per heavy atom. The second kappa shape index (κ2) is 3.89. The highest BCUT2D eigenvalue weighted by Crippen LogP contribution is 2.45. The molecule has 16 heavy (non-hydrogen) atoms. The van der Waals surface area contributed by atoms with Crippen molar-refractivity contribution in [3.05, 3.63) is 41.5 Å². The third-order valence-corrected chi connectivity index (χ3v) is 3.89. The molecule has 0 radical (unpaired) electrons. The molecule has 0 heterocycles. The van der Waals surface area contributed by atoms with Gasteiger partial charge in [-0.3, -0.25) is 4.79 Å². The summed E-state index contributed by atoms with van der Waals surface area (Å²) >= 11 is 0. The Morgan fingerprint density at radius 2 is 1.62 bits per heavy atom. The maximum atomic E-state index is 11.5. The quantitative estimate of drug-likeness (QED) is 0.696. The summed E-state index contributed by atoms with van der Waals surface area (Å²) in [5, 5.41) is 0. The van der Waals surface area contributed by atoms with Gasteiger partial charge in [0, 0.05) is 12.8 Å². The number of fused-ring (bicyclic) bond motifs is 2. The lowest BCUT2D eigenvalue weighted by atomic mass is 9.82. The van der Waals surface area contributed by atoms with Crippen LogP contribution >= 0.6 is 0 Å². The van der Waals surface area contributed by atoms with E-state index in [2.05, 4.69) is 30.3 Å². The maximum Gasteiger partial charge on any atom is 0.134 e. The zero-order chi connectivity index (χ0) is 11.0. The monoisotopic (exact) mass is 212 g/mol. The van der Waals surface area contributed by atoms with Gasteiger partial charge in [0.15, 0.2) is 0 Å². The summed E-state index contributed by atoms with van der Waals surface area (Å²) < 4.78 is 0. The fraction of sp³-hybridized carbons (Fsp3) is 0.400. The molecule has 1 nitrogen and oxygen atoms in total. The van der Waals surface area contributed by atoms with E-state index in [0.717, 1.165) is 12.8 Å². The second-order valence-electron chi connectivity index (χ2n) is 4.97. The van der Waals surface area contributed by atoms with E-state index >= 15 is 0 Å². The molecule has 1 aromatic rings. The summed E-state index contributed by atoms with van der Waals surface area (Å²) in [5.41, 5.74) is 2.81. The smallest absolute Gasteiger partial charge is 0.134 e. The molecule has 0 N–H and O–H groups in total. The van der Waals surface area contributed by atoms with Gasteiger partial charge in [-0.15, -0.1) is 0 Å². The van der Waals surface area contributed by atoms with Crippen LogP contribution in [0.4, 0.5) is 0 Å². The molecule has 2 unspecified atom stereocenters. The highest BCUT2D eigenvalue weighted by Gasteiger charge is 2.37. The molecule has 0 spiro atoms. The lowest BCUT2D eigenvalue weighted by Crippen LogP contribution is -2.17. The Kier molecular flexibility index (Phi) is 2.39. The standard InChI is InChI=1S/C15H16O/c16-14-9-12-6-7-13(10-14)15(12)8-11-4-2-1-3-5-11/h1-5,8,12-13H,6-7,9-10H2. The predicted octanol–water partition coefficient (Wildman–Crippen LogP) is 3.46. The largest absolute Gasteiger partial charge is 0.300 e. The van der Waals surface area contributed by atoms with Gasteiger partial charge in [0.25, 0.3) is 0 Å². The first-order valence-corrected chi connectivity index (χ1v) is 6.11. The van der Waals surface area contributed by atoms with Crippen molar-refractivity contribution in [3.63, 3.8) is 0 Å². The van der Waals surface area contributed by atoms with Crippen molar-refractivity contribution in [2.75, 3.05) is 0 Å². The van der Waals surface area contributed by atoms with Crippen LogP contribution in [0.1, 0.15) is 31.2 Å². The van der Waals surface area contributed by atoms with Gasteiger partial charge in [-0.25, -0.2) is 0 Å². The number of allylic oxidation sites excluding steroid dienone is 1. The number of carbonyl (C=O) groups excluding carboxylic acids is 1. The minimum atomic E-state index is 0.470. The van der Waals surface area contributed by atoms with Gasteiger partial charge in [0.1, 0.15) is 5.78 Å². The van der Waals surface area contributed by atoms with Crippen molar-refractivity contribution in [2.24, 2.45) is 11.8 Å². The van der Waals surface area contributed by atoms with Crippen LogP contribution in [-0.2, 0) is 4.79 Å². The van der Waals surface area contributed by atoms with E-state index in [1.807, 2.05) is 6.07 Å². The molecule has 0 aromatic heterocycles. The van der Waals surface area contributed by atoms with Crippen LogP contribution in [0.3, 0.4) is 0 Å². The lowest BCUT2D eigenvalue weighted by molar-refractivity contribution is -0.120. The zero-order valence-electron chi connectivity index (χ0n) is 9.36. The summed E-state index contributed by atoms with van der Waals surface area (Å²) in [6.07, 6.45) is 6.32. The average molecular weight is 212 g/mol. The van der Waals surface area contributed by atoms with E-state index in [-0.39, 0.29) is 0 Å². The van der Waals surface area contributed by atoms with Crippen LogP contribution in [0.2, 0.25) is 0 Å². The Morgan fingerprint density at radius 1 is 1.00 bits per heavy atom. The topological polar surface area (TPSA) is 17.1 Å². The fourth-order valence-electron chi connectivity index (χ4n) is 3.12. The van der Waals surface area contributed by atoms with Gasteiger partial charge in [-0.05, 0) is 30.2 Å². The molecule has 3 rings (SSSR count). The average Bonchev–Trinajstić information content (AvgIpc) is 2.54.